The molecule has 3 rings (SSSR count). The summed E-state index contributed by atoms with van der Waals surface area (Å²) in [6, 6.07) is 11.2. The summed E-state index contributed by atoms with van der Waals surface area (Å²) in [5.74, 6) is 0. The van der Waals surface area contributed by atoms with Crippen molar-refractivity contribution >= 4 is 0 Å². The first-order valence-electron chi connectivity index (χ1n) is 7.07. The summed E-state index contributed by atoms with van der Waals surface area (Å²) in [4.78, 5) is 4.86. The van der Waals surface area contributed by atoms with Gasteiger partial charge in [0, 0.05) is 38.3 Å². The SMILES string of the molecule is OCC1CN2CCOCC2CN1Cc1ccccc1. The van der Waals surface area contributed by atoms with Crippen molar-refractivity contribution < 1.29 is 9.84 Å². The molecule has 2 fully saturated rings. The summed E-state index contributed by atoms with van der Waals surface area (Å²) in [6.45, 7) is 5.74. The lowest BCUT2D eigenvalue weighted by molar-refractivity contribution is -0.0742. The first-order chi connectivity index (χ1) is 9.36. The lowest BCUT2D eigenvalue weighted by Gasteiger charge is -2.47. The Bertz CT molecular complexity index is 398. The van der Waals surface area contributed by atoms with E-state index in [1.165, 1.54) is 5.56 Å². The van der Waals surface area contributed by atoms with Crippen molar-refractivity contribution in [3.05, 3.63) is 35.9 Å². The van der Waals surface area contributed by atoms with Gasteiger partial charge in [-0.05, 0) is 5.56 Å². The molecule has 2 aliphatic heterocycles. The van der Waals surface area contributed by atoms with E-state index in [-0.39, 0.29) is 12.6 Å². The van der Waals surface area contributed by atoms with Crippen LogP contribution in [0.25, 0.3) is 0 Å². The minimum Gasteiger partial charge on any atom is -0.395 e. The smallest absolute Gasteiger partial charge is 0.0634 e. The van der Waals surface area contributed by atoms with Crippen molar-refractivity contribution in [2.24, 2.45) is 0 Å². The van der Waals surface area contributed by atoms with E-state index < -0.39 is 0 Å². The molecule has 0 aliphatic carbocycles. The maximum absolute atomic E-state index is 9.63. The van der Waals surface area contributed by atoms with Crippen LogP contribution in [0.15, 0.2) is 30.3 Å². The normalized spacial score (nSPS) is 29.1. The molecular formula is C15H22N2O2. The van der Waals surface area contributed by atoms with Crippen LogP contribution in [0.3, 0.4) is 0 Å². The number of benzene rings is 1. The van der Waals surface area contributed by atoms with E-state index in [2.05, 4.69) is 34.1 Å². The molecule has 0 amide bonds. The van der Waals surface area contributed by atoms with E-state index in [9.17, 15) is 5.11 Å². The highest BCUT2D eigenvalue weighted by molar-refractivity contribution is 5.15. The highest BCUT2D eigenvalue weighted by Crippen LogP contribution is 2.20. The number of nitrogens with zero attached hydrogens (tertiary/aromatic N) is 2. The van der Waals surface area contributed by atoms with Gasteiger partial charge in [-0.2, -0.15) is 0 Å². The molecule has 4 nitrogen and oxygen atoms in total. The Labute approximate surface area is 114 Å². The van der Waals surface area contributed by atoms with Crippen molar-refractivity contribution in [3.8, 4) is 0 Å². The number of aliphatic hydroxyl groups is 1. The van der Waals surface area contributed by atoms with Crippen LogP contribution in [-0.4, -0.2) is 66.4 Å². The van der Waals surface area contributed by atoms with Crippen LogP contribution in [-0.2, 0) is 11.3 Å². The molecule has 4 heteroatoms. The van der Waals surface area contributed by atoms with Crippen molar-refractivity contribution in [3.63, 3.8) is 0 Å². The maximum atomic E-state index is 9.63. The Hall–Kier alpha value is -0.940. The zero-order chi connectivity index (χ0) is 13.1. The van der Waals surface area contributed by atoms with E-state index in [0.29, 0.717) is 6.04 Å². The van der Waals surface area contributed by atoms with E-state index in [0.717, 1.165) is 39.4 Å². The molecule has 2 aliphatic rings. The summed E-state index contributed by atoms with van der Waals surface area (Å²) < 4.78 is 5.58. The van der Waals surface area contributed by atoms with Gasteiger partial charge in [-0.25, -0.2) is 0 Å². The lowest BCUT2D eigenvalue weighted by Crippen LogP contribution is -2.62. The van der Waals surface area contributed by atoms with Gasteiger partial charge in [0.1, 0.15) is 0 Å². The van der Waals surface area contributed by atoms with Gasteiger partial charge in [-0.1, -0.05) is 30.3 Å². The molecule has 1 aromatic carbocycles. The largest absolute Gasteiger partial charge is 0.395 e. The average molecular weight is 262 g/mol. The van der Waals surface area contributed by atoms with Crippen LogP contribution in [0.2, 0.25) is 0 Å². The Morgan fingerprint density at radius 2 is 2.05 bits per heavy atom. The molecule has 0 aromatic heterocycles. The third-order valence-electron chi connectivity index (χ3n) is 4.20. The van der Waals surface area contributed by atoms with Gasteiger partial charge in [-0.3, -0.25) is 9.80 Å². The molecule has 0 bridgehead atoms. The van der Waals surface area contributed by atoms with E-state index in [4.69, 9.17) is 4.74 Å². The molecule has 2 saturated heterocycles. The molecular weight excluding hydrogens is 240 g/mol. The molecule has 0 radical (unpaired) electrons. The molecule has 104 valence electrons. The second-order valence-corrected chi connectivity index (χ2v) is 5.48. The van der Waals surface area contributed by atoms with Crippen molar-refractivity contribution in [2.45, 2.75) is 18.6 Å². The summed E-state index contributed by atoms with van der Waals surface area (Å²) >= 11 is 0. The Morgan fingerprint density at radius 1 is 1.21 bits per heavy atom. The van der Waals surface area contributed by atoms with Crippen LogP contribution in [0.1, 0.15) is 5.56 Å². The second kappa shape index (κ2) is 6.01. The zero-order valence-corrected chi connectivity index (χ0v) is 11.2. The molecule has 1 N–H and O–H groups in total. The summed E-state index contributed by atoms with van der Waals surface area (Å²) in [5, 5.41) is 9.63. The Kier molecular flexibility index (Phi) is 4.13. The van der Waals surface area contributed by atoms with E-state index in [1.807, 2.05) is 6.07 Å². The number of fused-ring (bicyclic) bond motifs is 1. The lowest BCUT2D eigenvalue weighted by atomic mass is 10.0. The third-order valence-corrected chi connectivity index (χ3v) is 4.20. The van der Waals surface area contributed by atoms with Crippen LogP contribution >= 0.6 is 0 Å². The third kappa shape index (κ3) is 2.98. The number of hydrogen-bond donors (Lipinski definition) is 1. The van der Waals surface area contributed by atoms with Gasteiger partial charge in [0.15, 0.2) is 0 Å². The number of aliphatic hydroxyl groups excluding tert-OH is 1. The molecule has 0 spiro atoms. The Balaban J connectivity index is 1.68. The molecule has 19 heavy (non-hydrogen) atoms. The molecule has 1 aromatic rings. The molecule has 2 atom stereocenters. The number of morpholine rings is 1. The molecule has 0 saturated carbocycles. The first kappa shape index (κ1) is 13.1. The fraction of sp³-hybridized carbons (Fsp3) is 0.600. The fourth-order valence-electron chi connectivity index (χ4n) is 3.09. The summed E-state index contributed by atoms with van der Waals surface area (Å²) in [5.41, 5.74) is 1.31. The predicted octanol–water partition coefficient (Wildman–Crippen LogP) is 0.564. The molecule has 2 unspecified atom stereocenters. The highest BCUT2D eigenvalue weighted by Gasteiger charge is 2.34. The van der Waals surface area contributed by atoms with Crippen molar-refractivity contribution in [2.75, 3.05) is 39.5 Å². The number of hydrogen-bond acceptors (Lipinski definition) is 4. The second-order valence-electron chi connectivity index (χ2n) is 5.48. The van der Waals surface area contributed by atoms with Crippen molar-refractivity contribution in [1.29, 1.82) is 0 Å². The zero-order valence-electron chi connectivity index (χ0n) is 11.2. The van der Waals surface area contributed by atoms with Gasteiger partial charge in [-0.15, -0.1) is 0 Å². The van der Waals surface area contributed by atoms with Gasteiger partial charge in [0.2, 0.25) is 0 Å². The fourth-order valence-corrected chi connectivity index (χ4v) is 3.09. The Morgan fingerprint density at radius 3 is 2.84 bits per heavy atom. The van der Waals surface area contributed by atoms with Gasteiger partial charge in [0.25, 0.3) is 0 Å². The monoisotopic (exact) mass is 262 g/mol. The van der Waals surface area contributed by atoms with E-state index >= 15 is 0 Å². The minimum atomic E-state index is 0.233. The topological polar surface area (TPSA) is 35.9 Å². The quantitative estimate of drug-likeness (QED) is 0.863. The predicted molar refractivity (Wildman–Crippen MR) is 73.9 cm³/mol. The summed E-state index contributed by atoms with van der Waals surface area (Å²) in [6.07, 6.45) is 0. The standard InChI is InChI=1S/C15H22N2O2/c18-11-14-9-16-6-7-19-12-15(16)10-17(14)8-13-4-2-1-3-5-13/h1-5,14-15,18H,6-12H2. The number of piperazine rings is 1. The molecule has 2 heterocycles. The van der Waals surface area contributed by atoms with Crippen molar-refractivity contribution in [1.82, 2.24) is 9.80 Å². The van der Waals surface area contributed by atoms with Crippen LogP contribution in [0.4, 0.5) is 0 Å². The van der Waals surface area contributed by atoms with Crippen LogP contribution in [0.5, 0.6) is 0 Å². The minimum absolute atomic E-state index is 0.233. The van der Waals surface area contributed by atoms with E-state index in [1.54, 1.807) is 0 Å². The number of rotatable bonds is 3. The van der Waals surface area contributed by atoms with Crippen LogP contribution < -0.4 is 0 Å². The highest BCUT2D eigenvalue weighted by atomic mass is 16.5. The van der Waals surface area contributed by atoms with Gasteiger partial charge >= 0.3 is 0 Å². The van der Waals surface area contributed by atoms with Gasteiger partial charge in [0.05, 0.1) is 19.8 Å². The van der Waals surface area contributed by atoms with Crippen LogP contribution in [0, 0.1) is 0 Å². The maximum Gasteiger partial charge on any atom is 0.0634 e. The van der Waals surface area contributed by atoms with Gasteiger partial charge < -0.3 is 9.84 Å². The average Bonchev–Trinajstić information content (AvgIpc) is 2.47. The first-order valence-corrected chi connectivity index (χ1v) is 7.07. The number of ether oxygens (including phenoxy) is 1. The summed E-state index contributed by atoms with van der Waals surface area (Å²) in [7, 11) is 0.